The van der Waals surface area contributed by atoms with Crippen molar-refractivity contribution in [3.63, 3.8) is 0 Å². The maximum Gasteiger partial charge on any atom is 0.335 e. The first-order valence-electron chi connectivity index (χ1n) is 5.84. The zero-order valence-electron chi connectivity index (χ0n) is 10.3. The van der Waals surface area contributed by atoms with Crippen LogP contribution in [0, 0.1) is 5.92 Å². The smallest absolute Gasteiger partial charge is 0.335 e. The lowest BCUT2D eigenvalue weighted by Crippen LogP contribution is -2.11. The van der Waals surface area contributed by atoms with E-state index in [0.717, 1.165) is 12.8 Å². The van der Waals surface area contributed by atoms with Crippen molar-refractivity contribution in [3.05, 3.63) is 23.8 Å². The molecule has 0 aliphatic rings. The van der Waals surface area contributed by atoms with E-state index in [-0.39, 0.29) is 5.56 Å². The third-order valence-electron chi connectivity index (χ3n) is 2.89. The summed E-state index contributed by atoms with van der Waals surface area (Å²) in [6.45, 7) is 4.85. The lowest BCUT2D eigenvalue weighted by atomic mass is 10.1. The average Bonchev–Trinajstić information content (AvgIpc) is 2.31. The molecular weight excluding hydrogens is 218 g/mol. The van der Waals surface area contributed by atoms with Gasteiger partial charge in [0.25, 0.3) is 0 Å². The molecule has 0 aliphatic heterocycles. The van der Waals surface area contributed by atoms with Crippen LogP contribution in [0.3, 0.4) is 0 Å². The molecule has 1 rings (SSSR count). The number of nitrogens with two attached hydrogens (primary N) is 1. The first-order valence-corrected chi connectivity index (χ1v) is 5.84. The van der Waals surface area contributed by atoms with Crippen molar-refractivity contribution in [1.29, 1.82) is 0 Å². The van der Waals surface area contributed by atoms with Crippen LogP contribution in [0.25, 0.3) is 0 Å². The Labute approximate surface area is 101 Å². The van der Waals surface area contributed by atoms with Gasteiger partial charge in [0, 0.05) is 0 Å². The second-order valence-electron chi connectivity index (χ2n) is 4.05. The fraction of sp³-hybridized carbons (Fsp3) is 0.462. The van der Waals surface area contributed by atoms with Crippen LogP contribution in [-0.2, 0) is 0 Å². The molecule has 4 nitrogen and oxygen atoms in total. The molecule has 94 valence electrons. The van der Waals surface area contributed by atoms with E-state index in [0.29, 0.717) is 24.0 Å². The Hall–Kier alpha value is -1.71. The summed E-state index contributed by atoms with van der Waals surface area (Å²) in [6.07, 6.45) is 2.12. The maximum atomic E-state index is 10.7. The molecule has 0 unspecified atom stereocenters. The fourth-order valence-electron chi connectivity index (χ4n) is 1.54. The molecule has 0 heterocycles. The van der Waals surface area contributed by atoms with Gasteiger partial charge in [-0.25, -0.2) is 4.79 Å². The van der Waals surface area contributed by atoms with Gasteiger partial charge in [0.1, 0.15) is 5.75 Å². The van der Waals surface area contributed by atoms with Gasteiger partial charge in [-0.2, -0.15) is 0 Å². The van der Waals surface area contributed by atoms with Gasteiger partial charge in [-0.3, -0.25) is 0 Å². The van der Waals surface area contributed by atoms with Crippen molar-refractivity contribution in [3.8, 4) is 5.75 Å². The summed E-state index contributed by atoms with van der Waals surface area (Å²) in [5, 5.41) is 8.80. The summed E-state index contributed by atoms with van der Waals surface area (Å²) in [5.41, 5.74) is 6.29. The Morgan fingerprint density at radius 2 is 2.06 bits per heavy atom. The predicted molar refractivity (Wildman–Crippen MR) is 67.4 cm³/mol. The zero-order chi connectivity index (χ0) is 12.8. The molecule has 0 radical (unpaired) electrons. The second kappa shape index (κ2) is 6.13. The number of anilines is 1. The van der Waals surface area contributed by atoms with Gasteiger partial charge < -0.3 is 15.6 Å². The number of hydrogen-bond acceptors (Lipinski definition) is 3. The first-order chi connectivity index (χ1) is 8.08. The molecule has 0 saturated carbocycles. The molecule has 0 bridgehead atoms. The molecule has 0 amide bonds. The number of nitrogen functional groups attached to an aromatic ring is 1. The first kappa shape index (κ1) is 13.4. The number of rotatable bonds is 6. The SMILES string of the molecule is CCC(CC)COc1ccc(C(=O)O)cc1N. The maximum absolute atomic E-state index is 10.7. The summed E-state index contributed by atoms with van der Waals surface area (Å²) < 4.78 is 5.60. The number of aromatic carboxylic acids is 1. The van der Waals surface area contributed by atoms with Crippen LogP contribution >= 0.6 is 0 Å². The Balaban J connectivity index is 2.69. The Kier molecular flexibility index (Phi) is 4.82. The van der Waals surface area contributed by atoms with Crippen LogP contribution in [0.5, 0.6) is 5.75 Å². The lowest BCUT2D eigenvalue weighted by molar-refractivity contribution is 0.0697. The van der Waals surface area contributed by atoms with Crippen LogP contribution < -0.4 is 10.5 Å². The number of benzene rings is 1. The average molecular weight is 237 g/mol. The van der Waals surface area contributed by atoms with Gasteiger partial charge >= 0.3 is 5.97 Å². The Bertz CT molecular complexity index is 386. The largest absolute Gasteiger partial charge is 0.491 e. The van der Waals surface area contributed by atoms with Gasteiger partial charge in [-0.1, -0.05) is 26.7 Å². The molecule has 17 heavy (non-hydrogen) atoms. The number of carboxylic acids is 1. The van der Waals surface area contributed by atoms with E-state index in [1.54, 1.807) is 6.07 Å². The quantitative estimate of drug-likeness (QED) is 0.746. The Morgan fingerprint density at radius 1 is 1.41 bits per heavy atom. The van der Waals surface area contributed by atoms with Crippen LogP contribution in [0.1, 0.15) is 37.0 Å². The summed E-state index contributed by atoms with van der Waals surface area (Å²) in [5.74, 6) is 0.0821. The van der Waals surface area contributed by atoms with E-state index in [4.69, 9.17) is 15.6 Å². The van der Waals surface area contributed by atoms with Crippen molar-refractivity contribution in [1.82, 2.24) is 0 Å². The van der Waals surface area contributed by atoms with Crippen molar-refractivity contribution in [2.24, 2.45) is 5.92 Å². The van der Waals surface area contributed by atoms with Gasteiger partial charge in [-0.15, -0.1) is 0 Å². The van der Waals surface area contributed by atoms with E-state index in [2.05, 4.69) is 13.8 Å². The lowest BCUT2D eigenvalue weighted by Gasteiger charge is -2.15. The summed E-state index contributed by atoms with van der Waals surface area (Å²) in [4.78, 5) is 10.7. The van der Waals surface area contributed by atoms with Crippen LogP contribution in [0.2, 0.25) is 0 Å². The molecule has 3 N–H and O–H groups in total. The van der Waals surface area contributed by atoms with Crippen LogP contribution in [0.15, 0.2) is 18.2 Å². The topological polar surface area (TPSA) is 72.5 Å². The minimum absolute atomic E-state index is 0.178. The van der Waals surface area contributed by atoms with E-state index in [9.17, 15) is 4.79 Å². The molecular formula is C13H19NO3. The van der Waals surface area contributed by atoms with Crippen molar-refractivity contribution < 1.29 is 14.6 Å². The highest BCUT2D eigenvalue weighted by molar-refractivity contribution is 5.89. The highest BCUT2D eigenvalue weighted by atomic mass is 16.5. The molecule has 0 fully saturated rings. The Morgan fingerprint density at radius 3 is 2.53 bits per heavy atom. The summed E-state index contributed by atoms with van der Waals surface area (Å²) in [6, 6.07) is 4.53. The number of carbonyl (C=O) groups is 1. The number of carboxylic acid groups (broad SMARTS) is 1. The fourth-order valence-corrected chi connectivity index (χ4v) is 1.54. The van der Waals surface area contributed by atoms with E-state index in [1.807, 2.05) is 0 Å². The van der Waals surface area contributed by atoms with Crippen LogP contribution in [-0.4, -0.2) is 17.7 Å². The van der Waals surface area contributed by atoms with Gasteiger partial charge in [0.05, 0.1) is 17.9 Å². The molecule has 0 spiro atoms. The van der Waals surface area contributed by atoms with Crippen molar-refractivity contribution in [2.75, 3.05) is 12.3 Å². The van der Waals surface area contributed by atoms with Gasteiger partial charge in [0.2, 0.25) is 0 Å². The van der Waals surface area contributed by atoms with Crippen LogP contribution in [0.4, 0.5) is 5.69 Å². The minimum Gasteiger partial charge on any atom is -0.491 e. The number of hydrogen-bond donors (Lipinski definition) is 2. The normalized spacial score (nSPS) is 10.5. The van der Waals surface area contributed by atoms with Crippen molar-refractivity contribution >= 4 is 11.7 Å². The van der Waals surface area contributed by atoms with E-state index in [1.165, 1.54) is 12.1 Å². The minimum atomic E-state index is -0.983. The predicted octanol–water partition coefficient (Wildman–Crippen LogP) is 2.78. The second-order valence-corrected chi connectivity index (χ2v) is 4.05. The summed E-state index contributed by atoms with van der Waals surface area (Å²) >= 11 is 0. The molecule has 1 aromatic rings. The molecule has 0 saturated heterocycles. The third-order valence-corrected chi connectivity index (χ3v) is 2.89. The molecule has 4 heteroatoms. The van der Waals surface area contributed by atoms with Crippen molar-refractivity contribution in [2.45, 2.75) is 26.7 Å². The van der Waals surface area contributed by atoms with E-state index < -0.39 is 5.97 Å². The van der Waals surface area contributed by atoms with Gasteiger partial charge in [0.15, 0.2) is 0 Å². The summed E-state index contributed by atoms with van der Waals surface area (Å²) in [7, 11) is 0. The highest BCUT2D eigenvalue weighted by Crippen LogP contribution is 2.23. The molecule has 0 atom stereocenters. The monoisotopic (exact) mass is 237 g/mol. The van der Waals surface area contributed by atoms with E-state index >= 15 is 0 Å². The molecule has 0 aromatic heterocycles. The molecule has 0 aliphatic carbocycles. The third kappa shape index (κ3) is 3.66. The van der Waals surface area contributed by atoms with Gasteiger partial charge in [-0.05, 0) is 24.1 Å². The zero-order valence-corrected chi connectivity index (χ0v) is 10.3. The highest BCUT2D eigenvalue weighted by Gasteiger charge is 2.09. The molecule has 1 aromatic carbocycles. The standard InChI is InChI=1S/C13H19NO3/c1-3-9(4-2)8-17-12-6-5-10(13(15)16)7-11(12)14/h5-7,9H,3-4,8,14H2,1-2H3,(H,15,16). The number of ether oxygens (including phenoxy) is 1.